The lowest BCUT2D eigenvalue weighted by atomic mass is 9.95. The van der Waals surface area contributed by atoms with Gasteiger partial charge in [-0.05, 0) is 56.0 Å². The number of methoxy groups -OCH3 is 1. The lowest BCUT2D eigenvalue weighted by molar-refractivity contribution is -0.143. The van der Waals surface area contributed by atoms with E-state index in [9.17, 15) is 19.2 Å². The van der Waals surface area contributed by atoms with Crippen LogP contribution in [0.1, 0.15) is 49.9 Å². The third-order valence-electron chi connectivity index (χ3n) is 5.17. The van der Waals surface area contributed by atoms with Gasteiger partial charge in [0, 0.05) is 19.0 Å². The summed E-state index contributed by atoms with van der Waals surface area (Å²) in [6, 6.07) is 11.3. The van der Waals surface area contributed by atoms with Crippen LogP contribution in [0.2, 0.25) is 0 Å². The van der Waals surface area contributed by atoms with E-state index in [0.717, 1.165) is 5.56 Å². The Morgan fingerprint density at radius 2 is 1.59 bits per heavy atom. The van der Waals surface area contributed by atoms with Crippen LogP contribution >= 0.6 is 0 Å². The zero-order valence-corrected chi connectivity index (χ0v) is 22.0. The van der Waals surface area contributed by atoms with Crippen LogP contribution in [0.5, 0.6) is 0 Å². The van der Waals surface area contributed by atoms with E-state index in [1.54, 1.807) is 39.8 Å². The van der Waals surface area contributed by atoms with Crippen LogP contribution in [0.4, 0.5) is 15.3 Å². The summed E-state index contributed by atoms with van der Waals surface area (Å²) < 4.78 is 20.6. The molecule has 10 nitrogen and oxygen atoms in total. The quantitative estimate of drug-likeness (QED) is 0.372. The van der Waals surface area contributed by atoms with Crippen molar-refractivity contribution in [3.8, 4) is 0 Å². The number of hydrogen-bond donors (Lipinski definition) is 2. The molecule has 0 aliphatic rings. The summed E-state index contributed by atoms with van der Waals surface area (Å²) in [5.41, 5.74) is 2.33. The fourth-order valence-corrected chi connectivity index (χ4v) is 3.39. The minimum absolute atomic E-state index is 0.0251. The second-order valence-corrected chi connectivity index (χ2v) is 9.27. The molecular formula is C27H34N2O8. The van der Waals surface area contributed by atoms with Gasteiger partial charge < -0.3 is 24.3 Å². The maximum absolute atomic E-state index is 12.5. The molecule has 0 fully saturated rings. The Kier molecular flexibility index (Phi) is 10.5. The summed E-state index contributed by atoms with van der Waals surface area (Å²) in [7, 11) is 1.21. The van der Waals surface area contributed by atoms with Gasteiger partial charge in [-0.3, -0.25) is 10.1 Å². The van der Waals surface area contributed by atoms with E-state index in [0.29, 0.717) is 22.4 Å². The molecule has 0 bridgehead atoms. The van der Waals surface area contributed by atoms with E-state index in [4.69, 9.17) is 18.9 Å². The van der Waals surface area contributed by atoms with Crippen molar-refractivity contribution in [2.45, 2.75) is 65.9 Å². The molecule has 2 aromatic rings. The molecular weight excluding hydrogens is 480 g/mol. The van der Waals surface area contributed by atoms with Crippen molar-refractivity contribution in [1.82, 2.24) is 5.32 Å². The van der Waals surface area contributed by atoms with E-state index in [1.807, 2.05) is 30.3 Å². The molecule has 2 N–H and O–H groups in total. The van der Waals surface area contributed by atoms with Crippen LogP contribution in [0.25, 0.3) is 0 Å². The van der Waals surface area contributed by atoms with Crippen molar-refractivity contribution in [2.24, 2.45) is 0 Å². The molecule has 0 unspecified atom stereocenters. The van der Waals surface area contributed by atoms with Crippen molar-refractivity contribution in [3.63, 3.8) is 0 Å². The molecule has 200 valence electrons. The van der Waals surface area contributed by atoms with Crippen molar-refractivity contribution in [1.29, 1.82) is 0 Å². The van der Waals surface area contributed by atoms with E-state index in [1.165, 1.54) is 14.0 Å². The first-order valence-corrected chi connectivity index (χ1v) is 11.7. The van der Waals surface area contributed by atoms with Crippen molar-refractivity contribution in [2.75, 3.05) is 12.4 Å². The zero-order valence-electron chi connectivity index (χ0n) is 22.0. The second kappa shape index (κ2) is 13.3. The molecule has 0 saturated heterocycles. The number of ether oxygens (including phenoxy) is 4. The Labute approximate surface area is 216 Å². The molecule has 0 saturated carbocycles. The number of alkyl carbamates (subject to hydrolysis) is 1. The summed E-state index contributed by atoms with van der Waals surface area (Å²) >= 11 is 0. The van der Waals surface area contributed by atoms with Gasteiger partial charge >= 0.3 is 24.1 Å². The molecule has 2 amide bonds. The number of rotatable bonds is 9. The largest absolute Gasteiger partial charge is 0.467 e. The Bertz CT molecular complexity index is 1110. The average molecular weight is 515 g/mol. The van der Waals surface area contributed by atoms with Crippen LogP contribution in [0.3, 0.4) is 0 Å². The normalized spacial score (nSPS) is 11.6. The Hall–Kier alpha value is -4.08. The van der Waals surface area contributed by atoms with Crippen molar-refractivity contribution in [3.05, 3.63) is 64.7 Å². The van der Waals surface area contributed by atoms with Crippen molar-refractivity contribution >= 4 is 29.8 Å². The summed E-state index contributed by atoms with van der Waals surface area (Å²) in [4.78, 5) is 48.7. The summed E-state index contributed by atoms with van der Waals surface area (Å²) in [5, 5.41) is 5.23. The Morgan fingerprint density at radius 3 is 2.19 bits per heavy atom. The Balaban J connectivity index is 2.25. The standard InChI is InChI=1S/C27H34N2O8/c1-17-21(16-35-18(2)30)20(12-13-22(17)28-26(33)37-27(3,4)5)14-23(24(31)34-6)29-25(32)36-15-19-10-8-7-9-11-19/h7-13,23H,14-16H2,1-6H3,(H,28,33)(H,29,32)/t23-/m0/s1. The fraction of sp³-hybridized carbons (Fsp3) is 0.407. The number of nitrogens with one attached hydrogen (secondary N) is 2. The molecule has 0 aromatic heterocycles. The van der Waals surface area contributed by atoms with Crippen LogP contribution in [0, 0.1) is 6.92 Å². The zero-order chi connectivity index (χ0) is 27.6. The minimum atomic E-state index is -1.08. The molecule has 0 spiro atoms. The number of carbonyl (C=O) groups is 4. The monoisotopic (exact) mass is 514 g/mol. The predicted molar refractivity (Wildman–Crippen MR) is 136 cm³/mol. The minimum Gasteiger partial charge on any atom is -0.467 e. The summed E-state index contributed by atoms with van der Waals surface area (Å²) in [5.74, 6) is -1.17. The third-order valence-corrected chi connectivity index (χ3v) is 5.17. The molecule has 37 heavy (non-hydrogen) atoms. The number of esters is 2. The highest BCUT2D eigenvalue weighted by molar-refractivity contribution is 5.86. The number of amides is 2. The van der Waals surface area contributed by atoms with Crippen LogP contribution in [-0.4, -0.2) is 42.9 Å². The van der Waals surface area contributed by atoms with Gasteiger partial charge in [0.15, 0.2) is 0 Å². The van der Waals surface area contributed by atoms with Crippen LogP contribution in [-0.2, 0) is 48.2 Å². The highest BCUT2D eigenvalue weighted by Gasteiger charge is 2.26. The molecule has 0 radical (unpaired) electrons. The van der Waals surface area contributed by atoms with E-state index >= 15 is 0 Å². The predicted octanol–water partition coefficient (Wildman–Crippen LogP) is 4.42. The third kappa shape index (κ3) is 9.83. The van der Waals surface area contributed by atoms with E-state index in [2.05, 4.69) is 10.6 Å². The van der Waals surface area contributed by atoms with Gasteiger partial charge in [-0.1, -0.05) is 36.4 Å². The van der Waals surface area contributed by atoms with E-state index in [-0.39, 0.29) is 19.6 Å². The first kappa shape index (κ1) is 29.2. The molecule has 1 atom stereocenters. The second-order valence-electron chi connectivity index (χ2n) is 9.27. The highest BCUT2D eigenvalue weighted by atomic mass is 16.6. The first-order valence-electron chi connectivity index (χ1n) is 11.7. The van der Waals surface area contributed by atoms with Crippen molar-refractivity contribution < 1.29 is 38.1 Å². The van der Waals surface area contributed by atoms with Gasteiger partial charge in [-0.2, -0.15) is 0 Å². The van der Waals surface area contributed by atoms with Gasteiger partial charge in [0.05, 0.1) is 7.11 Å². The molecule has 2 rings (SSSR count). The van der Waals surface area contributed by atoms with Gasteiger partial charge in [-0.15, -0.1) is 0 Å². The lowest BCUT2D eigenvalue weighted by Crippen LogP contribution is -2.43. The van der Waals surface area contributed by atoms with Crippen LogP contribution in [0.15, 0.2) is 42.5 Å². The topological polar surface area (TPSA) is 129 Å². The number of benzene rings is 2. The first-order chi connectivity index (χ1) is 17.4. The molecule has 0 aliphatic carbocycles. The van der Waals surface area contributed by atoms with Gasteiger partial charge in [-0.25, -0.2) is 14.4 Å². The van der Waals surface area contributed by atoms with Gasteiger partial charge in [0.2, 0.25) is 0 Å². The van der Waals surface area contributed by atoms with Gasteiger partial charge in [0.25, 0.3) is 0 Å². The summed E-state index contributed by atoms with van der Waals surface area (Å²) in [6.07, 6.45) is -1.41. The molecule has 10 heteroatoms. The lowest BCUT2D eigenvalue weighted by Gasteiger charge is -2.22. The number of anilines is 1. The molecule has 0 heterocycles. The number of hydrogen-bond acceptors (Lipinski definition) is 8. The smallest absolute Gasteiger partial charge is 0.412 e. The Morgan fingerprint density at radius 1 is 0.919 bits per heavy atom. The molecule has 0 aliphatic heterocycles. The average Bonchev–Trinajstić information content (AvgIpc) is 2.82. The highest BCUT2D eigenvalue weighted by Crippen LogP contribution is 2.26. The molecule has 2 aromatic carbocycles. The van der Waals surface area contributed by atoms with Gasteiger partial charge in [0.1, 0.15) is 24.9 Å². The SMILES string of the molecule is COC(=O)[C@H](Cc1ccc(NC(=O)OC(C)(C)C)c(C)c1COC(C)=O)NC(=O)OCc1ccccc1. The van der Waals surface area contributed by atoms with Crippen LogP contribution < -0.4 is 10.6 Å². The fourth-order valence-electron chi connectivity index (χ4n) is 3.39. The maximum Gasteiger partial charge on any atom is 0.412 e. The number of carbonyl (C=O) groups excluding carboxylic acids is 4. The maximum atomic E-state index is 12.5. The van der Waals surface area contributed by atoms with E-state index < -0.39 is 35.8 Å². The summed E-state index contributed by atoms with van der Waals surface area (Å²) in [6.45, 7) is 8.19.